The third-order valence-electron chi connectivity index (χ3n) is 1.90. The molecular weight excluding hydrogens is 152 g/mol. The molecule has 0 aromatic carbocycles. The SMILES string of the molecule is CC1=CC=C(C2=CNCO2)NC1. The molecule has 2 aliphatic heterocycles. The zero-order valence-electron chi connectivity index (χ0n) is 7.05. The molecule has 2 aliphatic rings. The summed E-state index contributed by atoms with van der Waals surface area (Å²) in [6, 6.07) is 0. The van der Waals surface area contributed by atoms with Crippen molar-refractivity contribution in [1.82, 2.24) is 10.6 Å². The van der Waals surface area contributed by atoms with Crippen LogP contribution < -0.4 is 10.6 Å². The van der Waals surface area contributed by atoms with Crippen LogP contribution in [0.15, 0.2) is 35.4 Å². The van der Waals surface area contributed by atoms with Crippen molar-refractivity contribution in [2.75, 3.05) is 13.3 Å². The van der Waals surface area contributed by atoms with E-state index in [9.17, 15) is 0 Å². The van der Waals surface area contributed by atoms with Crippen molar-refractivity contribution in [1.29, 1.82) is 0 Å². The van der Waals surface area contributed by atoms with Crippen LogP contribution in [0.3, 0.4) is 0 Å². The average molecular weight is 164 g/mol. The highest BCUT2D eigenvalue weighted by Gasteiger charge is 2.11. The summed E-state index contributed by atoms with van der Waals surface area (Å²) in [5, 5.41) is 6.27. The Balaban J connectivity index is 2.14. The second-order valence-electron chi connectivity index (χ2n) is 2.95. The fourth-order valence-corrected chi connectivity index (χ4v) is 1.20. The third-order valence-corrected chi connectivity index (χ3v) is 1.90. The summed E-state index contributed by atoms with van der Waals surface area (Å²) >= 11 is 0. The van der Waals surface area contributed by atoms with Gasteiger partial charge in [-0.15, -0.1) is 0 Å². The number of dihydropyridines is 1. The van der Waals surface area contributed by atoms with E-state index in [1.54, 1.807) is 0 Å². The van der Waals surface area contributed by atoms with Crippen LogP contribution in [0.25, 0.3) is 0 Å². The summed E-state index contributed by atoms with van der Waals surface area (Å²) in [5.74, 6) is 0.902. The molecule has 2 N–H and O–H groups in total. The van der Waals surface area contributed by atoms with E-state index in [-0.39, 0.29) is 0 Å². The van der Waals surface area contributed by atoms with Gasteiger partial charge in [0.1, 0.15) is 0 Å². The predicted octanol–water partition coefficient (Wildman–Crippen LogP) is 0.838. The largest absolute Gasteiger partial charge is 0.470 e. The summed E-state index contributed by atoms with van der Waals surface area (Å²) in [7, 11) is 0. The first-order chi connectivity index (χ1) is 5.86. The molecule has 0 amide bonds. The normalized spacial score (nSPS) is 21.2. The molecule has 0 spiro atoms. The molecule has 0 aliphatic carbocycles. The van der Waals surface area contributed by atoms with Crippen molar-refractivity contribution in [3.8, 4) is 0 Å². The maximum Gasteiger partial charge on any atom is 0.160 e. The summed E-state index contributed by atoms with van der Waals surface area (Å²) < 4.78 is 5.32. The highest BCUT2D eigenvalue weighted by Crippen LogP contribution is 2.14. The molecule has 0 saturated heterocycles. The lowest BCUT2D eigenvalue weighted by Crippen LogP contribution is -2.20. The van der Waals surface area contributed by atoms with Gasteiger partial charge in [-0.1, -0.05) is 11.6 Å². The van der Waals surface area contributed by atoms with Gasteiger partial charge in [-0.25, -0.2) is 0 Å². The van der Waals surface area contributed by atoms with Crippen molar-refractivity contribution in [3.05, 3.63) is 35.4 Å². The van der Waals surface area contributed by atoms with Gasteiger partial charge in [-0.3, -0.25) is 0 Å². The fourth-order valence-electron chi connectivity index (χ4n) is 1.20. The molecule has 0 radical (unpaired) electrons. The Morgan fingerprint density at radius 1 is 1.42 bits per heavy atom. The van der Waals surface area contributed by atoms with Crippen LogP contribution in [0, 0.1) is 0 Å². The van der Waals surface area contributed by atoms with Gasteiger partial charge in [0.15, 0.2) is 12.5 Å². The van der Waals surface area contributed by atoms with Gasteiger partial charge in [0.05, 0.1) is 5.70 Å². The summed E-state index contributed by atoms with van der Waals surface area (Å²) in [5.41, 5.74) is 2.40. The van der Waals surface area contributed by atoms with Gasteiger partial charge < -0.3 is 15.4 Å². The van der Waals surface area contributed by atoms with E-state index in [0.29, 0.717) is 6.73 Å². The number of hydrogen-bond acceptors (Lipinski definition) is 3. The van der Waals surface area contributed by atoms with Crippen LogP contribution in [0.4, 0.5) is 0 Å². The first-order valence-corrected chi connectivity index (χ1v) is 4.04. The van der Waals surface area contributed by atoms with Crippen LogP contribution in [0.2, 0.25) is 0 Å². The molecule has 64 valence electrons. The maximum absolute atomic E-state index is 5.32. The lowest BCUT2D eigenvalue weighted by atomic mass is 10.2. The number of nitrogens with one attached hydrogen (secondary N) is 2. The first-order valence-electron chi connectivity index (χ1n) is 4.04. The van der Waals surface area contributed by atoms with Gasteiger partial charge in [0, 0.05) is 12.7 Å². The monoisotopic (exact) mass is 164 g/mol. The lowest BCUT2D eigenvalue weighted by Gasteiger charge is -2.14. The molecule has 2 heterocycles. The molecule has 0 aromatic rings. The van der Waals surface area contributed by atoms with E-state index in [1.165, 1.54) is 5.57 Å². The Bertz CT molecular complexity index is 276. The molecular formula is C9H12N2O. The quantitative estimate of drug-likeness (QED) is 0.602. The summed E-state index contributed by atoms with van der Waals surface area (Å²) in [4.78, 5) is 0. The zero-order chi connectivity index (χ0) is 8.39. The second-order valence-corrected chi connectivity index (χ2v) is 2.95. The average Bonchev–Trinajstić information content (AvgIpc) is 2.58. The minimum atomic E-state index is 0.580. The van der Waals surface area contributed by atoms with Gasteiger partial charge >= 0.3 is 0 Å². The van der Waals surface area contributed by atoms with Crippen molar-refractivity contribution in [2.45, 2.75) is 6.92 Å². The van der Waals surface area contributed by atoms with Gasteiger partial charge in [-0.2, -0.15) is 0 Å². The summed E-state index contributed by atoms with van der Waals surface area (Å²) in [6.07, 6.45) is 6.03. The Hall–Kier alpha value is -1.38. The zero-order valence-corrected chi connectivity index (χ0v) is 7.05. The standard InChI is InChI=1S/C9H12N2O/c1-7-2-3-8(11-4-7)9-5-10-6-12-9/h2-3,5,10-11H,4,6H2,1H3. The molecule has 12 heavy (non-hydrogen) atoms. The maximum atomic E-state index is 5.32. The summed E-state index contributed by atoms with van der Waals surface area (Å²) in [6.45, 7) is 3.59. The number of hydrogen-bond donors (Lipinski definition) is 2. The number of rotatable bonds is 1. The van der Waals surface area contributed by atoms with Crippen molar-refractivity contribution >= 4 is 0 Å². The van der Waals surface area contributed by atoms with E-state index in [1.807, 2.05) is 12.3 Å². The van der Waals surface area contributed by atoms with Gasteiger partial charge in [-0.05, 0) is 13.0 Å². The van der Waals surface area contributed by atoms with E-state index in [2.05, 4.69) is 23.6 Å². The Labute approximate surface area is 71.8 Å². The van der Waals surface area contributed by atoms with Crippen LogP contribution in [-0.4, -0.2) is 13.3 Å². The number of allylic oxidation sites excluding steroid dienone is 2. The highest BCUT2D eigenvalue weighted by molar-refractivity contribution is 5.33. The van der Waals surface area contributed by atoms with Crippen molar-refractivity contribution in [2.24, 2.45) is 0 Å². The molecule has 0 unspecified atom stereocenters. The Kier molecular flexibility index (Phi) is 1.78. The predicted molar refractivity (Wildman–Crippen MR) is 47.0 cm³/mol. The fraction of sp³-hybridized carbons (Fsp3) is 0.333. The molecule has 0 atom stereocenters. The van der Waals surface area contributed by atoms with Crippen LogP contribution in [0.1, 0.15) is 6.92 Å². The molecule has 0 aromatic heterocycles. The van der Waals surface area contributed by atoms with Crippen LogP contribution >= 0.6 is 0 Å². The molecule has 0 fully saturated rings. The van der Waals surface area contributed by atoms with Crippen molar-refractivity contribution < 1.29 is 4.74 Å². The van der Waals surface area contributed by atoms with Crippen molar-refractivity contribution in [3.63, 3.8) is 0 Å². The second kappa shape index (κ2) is 2.93. The molecule has 3 heteroatoms. The van der Waals surface area contributed by atoms with E-state index >= 15 is 0 Å². The van der Waals surface area contributed by atoms with E-state index < -0.39 is 0 Å². The Morgan fingerprint density at radius 3 is 2.92 bits per heavy atom. The lowest BCUT2D eigenvalue weighted by molar-refractivity contribution is 0.236. The molecule has 0 saturated carbocycles. The first kappa shape index (κ1) is 7.28. The minimum absolute atomic E-state index is 0.580. The third kappa shape index (κ3) is 1.30. The van der Waals surface area contributed by atoms with E-state index in [0.717, 1.165) is 18.0 Å². The molecule has 2 rings (SSSR count). The highest BCUT2D eigenvalue weighted by atomic mass is 16.5. The van der Waals surface area contributed by atoms with E-state index in [4.69, 9.17) is 4.74 Å². The smallest absolute Gasteiger partial charge is 0.160 e. The van der Waals surface area contributed by atoms with Crippen LogP contribution in [0.5, 0.6) is 0 Å². The van der Waals surface area contributed by atoms with Gasteiger partial charge in [0.25, 0.3) is 0 Å². The number of ether oxygens (including phenoxy) is 1. The molecule has 0 bridgehead atoms. The molecule has 3 nitrogen and oxygen atoms in total. The minimum Gasteiger partial charge on any atom is -0.470 e. The topological polar surface area (TPSA) is 33.3 Å². The Morgan fingerprint density at radius 2 is 2.33 bits per heavy atom. The van der Waals surface area contributed by atoms with Crippen LogP contribution in [-0.2, 0) is 4.74 Å². The van der Waals surface area contributed by atoms with Gasteiger partial charge in [0.2, 0.25) is 0 Å².